The van der Waals surface area contributed by atoms with Crippen molar-refractivity contribution in [2.75, 3.05) is 11.5 Å². The summed E-state index contributed by atoms with van der Waals surface area (Å²) in [5.74, 6) is -1.36. The highest BCUT2D eigenvalue weighted by molar-refractivity contribution is 14.1. The molecule has 1 amide bonds. The van der Waals surface area contributed by atoms with Gasteiger partial charge in [-0.15, -0.1) is 0 Å². The quantitative estimate of drug-likeness (QED) is 0.318. The minimum Gasteiger partial charge on any atom is -0.463 e. The molecular formula is C15H17BrIN3O7. The molecule has 1 aromatic rings. The van der Waals surface area contributed by atoms with Crippen LogP contribution in [-0.2, 0) is 28.6 Å². The molecule has 1 aliphatic heterocycles. The molecule has 0 radical (unpaired) electrons. The predicted molar refractivity (Wildman–Crippen MR) is 104 cm³/mol. The van der Waals surface area contributed by atoms with Gasteiger partial charge in [0.05, 0.1) is 8.40 Å². The fourth-order valence-electron chi connectivity index (χ4n) is 2.56. The lowest BCUT2D eigenvalue weighted by Gasteiger charge is -2.31. The molecule has 0 bridgehead atoms. The van der Waals surface area contributed by atoms with Crippen molar-refractivity contribution in [1.29, 1.82) is 0 Å². The van der Waals surface area contributed by atoms with Crippen LogP contribution in [0.2, 0.25) is 0 Å². The Morgan fingerprint density at radius 2 is 2.00 bits per heavy atom. The topological polar surface area (TPSA) is 128 Å². The maximum absolute atomic E-state index is 12.4. The van der Waals surface area contributed by atoms with E-state index < -0.39 is 46.8 Å². The van der Waals surface area contributed by atoms with Crippen molar-refractivity contribution in [1.82, 2.24) is 9.97 Å². The Hall–Kier alpha value is -1.54. The monoisotopic (exact) mass is 557 g/mol. The van der Waals surface area contributed by atoms with E-state index in [1.165, 1.54) is 31.9 Å². The third-order valence-corrected chi connectivity index (χ3v) is 5.50. The van der Waals surface area contributed by atoms with Crippen LogP contribution >= 0.6 is 38.5 Å². The number of carbonyl (C=O) groups is 3. The molecule has 2 heterocycles. The van der Waals surface area contributed by atoms with Crippen LogP contribution in [0.1, 0.15) is 20.8 Å². The third-order valence-electron chi connectivity index (χ3n) is 3.60. The number of amides is 1. The van der Waals surface area contributed by atoms with Gasteiger partial charge in [-0.25, -0.2) is 9.78 Å². The zero-order valence-electron chi connectivity index (χ0n) is 14.6. The highest BCUT2D eigenvalue weighted by Gasteiger charge is 2.50. The molecule has 1 saturated heterocycles. The van der Waals surface area contributed by atoms with Gasteiger partial charge in [0.2, 0.25) is 5.91 Å². The van der Waals surface area contributed by atoms with E-state index >= 15 is 0 Å². The molecule has 12 heteroatoms. The molecule has 1 aliphatic rings. The van der Waals surface area contributed by atoms with Crippen LogP contribution in [0.5, 0.6) is 0 Å². The molecule has 0 aromatic carbocycles. The number of hydrogen-bond donors (Lipinski definition) is 1. The SMILES string of the molecule is CC(=O)OC[C@H]1O[C@@H](N(C(C)=O)c2[nH]c(=O)ncc2I)[C@H](OC(C)=O)[C@H]1Br. The molecule has 0 aliphatic carbocycles. The van der Waals surface area contributed by atoms with Gasteiger partial charge in [-0.05, 0) is 22.6 Å². The molecule has 4 atom stereocenters. The summed E-state index contributed by atoms with van der Waals surface area (Å²) in [6.07, 6.45) is -1.33. The Morgan fingerprint density at radius 3 is 2.56 bits per heavy atom. The van der Waals surface area contributed by atoms with Crippen LogP contribution in [0.25, 0.3) is 0 Å². The van der Waals surface area contributed by atoms with Gasteiger partial charge < -0.3 is 14.2 Å². The van der Waals surface area contributed by atoms with E-state index in [0.717, 1.165) is 0 Å². The second-order valence-corrected chi connectivity index (χ2v) is 7.88. The number of nitrogens with zero attached hydrogens (tertiary/aromatic N) is 2. The molecular weight excluding hydrogens is 541 g/mol. The lowest BCUT2D eigenvalue weighted by Crippen LogP contribution is -2.49. The van der Waals surface area contributed by atoms with Crippen molar-refractivity contribution in [3.05, 3.63) is 20.3 Å². The number of halogens is 2. The van der Waals surface area contributed by atoms with E-state index in [1.807, 2.05) is 22.6 Å². The molecule has 27 heavy (non-hydrogen) atoms. The smallest absolute Gasteiger partial charge is 0.346 e. The van der Waals surface area contributed by atoms with Crippen molar-refractivity contribution in [2.45, 2.75) is 44.0 Å². The zero-order valence-corrected chi connectivity index (χ0v) is 18.3. The minimum absolute atomic E-state index is 0.102. The summed E-state index contributed by atoms with van der Waals surface area (Å²) in [6, 6.07) is 0. The number of alkyl halides is 1. The molecule has 0 saturated carbocycles. The first kappa shape index (κ1) is 21.8. The van der Waals surface area contributed by atoms with Crippen molar-refractivity contribution in [2.24, 2.45) is 0 Å². The van der Waals surface area contributed by atoms with Crippen LogP contribution in [0.4, 0.5) is 5.82 Å². The van der Waals surface area contributed by atoms with Crippen molar-refractivity contribution in [3.63, 3.8) is 0 Å². The zero-order chi connectivity index (χ0) is 20.3. The number of H-pyrrole nitrogens is 1. The number of ether oxygens (including phenoxy) is 3. The largest absolute Gasteiger partial charge is 0.463 e. The van der Waals surface area contributed by atoms with E-state index in [4.69, 9.17) is 14.2 Å². The second kappa shape index (κ2) is 9.10. The molecule has 148 valence electrons. The maximum Gasteiger partial charge on any atom is 0.346 e. The fourth-order valence-corrected chi connectivity index (χ4v) is 3.74. The van der Waals surface area contributed by atoms with E-state index in [0.29, 0.717) is 3.57 Å². The van der Waals surface area contributed by atoms with Gasteiger partial charge in [-0.2, -0.15) is 0 Å². The van der Waals surface area contributed by atoms with Gasteiger partial charge in [0.25, 0.3) is 0 Å². The van der Waals surface area contributed by atoms with E-state index in [9.17, 15) is 19.2 Å². The van der Waals surface area contributed by atoms with Crippen molar-refractivity contribution >= 4 is 62.2 Å². The summed E-state index contributed by atoms with van der Waals surface area (Å²) < 4.78 is 16.7. The Balaban J connectivity index is 2.43. The average molecular weight is 558 g/mol. The number of anilines is 1. The normalized spacial score (nSPS) is 24.3. The van der Waals surface area contributed by atoms with Crippen LogP contribution in [0.15, 0.2) is 11.0 Å². The van der Waals surface area contributed by atoms with Gasteiger partial charge in [0.1, 0.15) is 18.5 Å². The Bertz CT molecular complexity index is 802. The highest BCUT2D eigenvalue weighted by atomic mass is 127. The van der Waals surface area contributed by atoms with Crippen molar-refractivity contribution < 1.29 is 28.6 Å². The molecule has 1 fully saturated rings. The number of nitrogens with one attached hydrogen (secondary N) is 1. The molecule has 0 unspecified atom stereocenters. The van der Waals surface area contributed by atoms with Crippen LogP contribution in [0, 0.1) is 3.57 Å². The lowest BCUT2D eigenvalue weighted by atomic mass is 10.2. The minimum atomic E-state index is -1.05. The van der Waals surface area contributed by atoms with Gasteiger partial charge in [-0.1, -0.05) is 15.9 Å². The standard InChI is InChI=1S/C15H17BrIN3O7/c1-6(21)20(13-9(17)4-18-15(24)19-13)14-12(26-8(3)23)11(16)10(27-14)5-25-7(2)22/h4,10-12,14H,5H2,1-3H3,(H,18,19,24)/t10-,11+,12-,14-/m1/s1. The third kappa shape index (κ3) is 5.25. The second-order valence-electron chi connectivity index (χ2n) is 5.66. The maximum atomic E-state index is 12.4. The first-order chi connectivity index (χ1) is 12.6. The van der Waals surface area contributed by atoms with Crippen molar-refractivity contribution in [3.8, 4) is 0 Å². The molecule has 10 nitrogen and oxygen atoms in total. The molecule has 1 aromatic heterocycles. The number of rotatable bonds is 5. The number of carbonyl (C=O) groups excluding carboxylic acids is 3. The van der Waals surface area contributed by atoms with Crippen LogP contribution in [0.3, 0.4) is 0 Å². The molecule has 0 spiro atoms. The van der Waals surface area contributed by atoms with Crippen LogP contribution in [-0.4, -0.2) is 57.7 Å². The average Bonchev–Trinajstić information content (AvgIpc) is 2.85. The summed E-state index contributed by atoms with van der Waals surface area (Å²) in [5.41, 5.74) is -0.648. The van der Waals surface area contributed by atoms with Gasteiger partial charge in [0, 0.05) is 27.0 Å². The summed E-state index contributed by atoms with van der Waals surface area (Å²) in [6.45, 7) is 3.67. The number of aromatic amines is 1. The van der Waals surface area contributed by atoms with Gasteiger partial charge in [0.15, 0.2) is 12.3 Å². The summed E-state index contributed by atoms with van der Waals surface area (Å²) in [7, 11) is 0. The molecule has 2 rings (SSSR count). The number of esters is 2. The predicted octanol–water partition coefficient (Wildman–Crippen LogP) is 0.711. The highest BCUT2D eigenvalue weighted by Crippen LogP contribution is 2.35. The first-order valence-corrected chi connectivity index (χ1v) is 9.76. The lowest BCUT2D eigenvalue weighted by molar-refractivity contribution is -0.150. The van der Waals surface area contributed by atoms with Gasteiger partial charge in [-0.3, -0.25) is 24.3 Å². The first-order valence-electron chi connectivity index (χ1n) is 7.76. The Labute approximate surface area is 176 Å². The summed E-state index contributed by atoms with van der Waals surface area (Å²) in [5, 5.41) is 0. The van der Waals surface area contributed by atoms with E-state index in [-0.39, 0.29) is 12.4 Å². The van der Waals surface area contributed by atoms with Gasteiger partial charge >= 0.3 is 17.6 Å². The van der Waals surface area contributed by atoms with E-state index in [1.54, 1.807) is 0 Å². The summed E-state index contributed by atoms with van der Waals surface area (Å²) in [4.78, 5) is 53.4. The van der Waals surface area contributed by atoms with Crippen LogP contribution < -0.4 is 10.6 Å². The number of hydrogen-bond acceptors (Lipinski definition) is 8. The summed E-state index contributed by atoms with van der Waals surface area (Å²) >= 11 is 5.31. The Morgan fingerprint density at radius 1 is 1.33 bits per heavy atom. The fraction of sp³-hybridized carbons (Fsp3) is 0.533. The Kier molecular flexibility index (Phi) is 7.33. The number of aromatic nitrogens is 2. The molecule has 1 N–H and O–H groups in total. The van der Waals surface area contributed by atoms with E-state index in [2.05, 4.69) is 25.9 Å².